The minimum absolute atomic E-state index is 0.146. The number of ether oxygens (including phenoxy) is 3. The summed E-state index contributed by atoms with van der Waals surface area (Å²) in [6, 6.07) is 6.90. The predicted octanol–water partition coefficient (Wildman–Crippen LogP) is 3.57. The SMILES string of the molecule is CCNC(=NCc1ccc(C)cc1OC1CCOC1)NC1C2CCOC2C12CCCC2. The lowest BCUT2D eigenvalue weighted by atomic mass is 9.54. The molecule has 1 aromatic rings. The fourth-order valence-corrected chi connectivity index (χ4v) is 6.22. The molecule has 31 heavy (non-hydrogen) atoms. The van der Waals surface area contributed by atoms with E-state index in [1.807, 2.05) is 0 Å². The van der Waals surface area contributed by atoms with Crippen LogP contribution in [0.15, 0.2) is 23.2 Å². The van der Waals surface area contributed by atoms with Crippen LogP contribution >= 0.6 is 0 Å². The van der Waals surface area contributed by atoms with Gasteiger partial charge in [-0.3, -0.25) is 0 Å². The summed E-state index contributed by atoms with van der Waals surface area (Å²) in [5.74, 6) is 2.48. The Morgan fingerprint density at radius 2 is 2.10 bits per heavy atom. The maximum atomic E-state index is 6.27. The number of fused-ring (bicyclic) bond motifs is 2. The van der Waals surface area contributed by atoms with Crippen LogP contribution < -0.4 is 15.4 Å². The smallest absolute Gasteiger partial charge is 0.191 e. The third-order valence-corrected chi connectivity index (χ3v) is 7.73. The van der Waals surface area contributed by atoms with Gasteiger partial charge in [0.1, 0.15) is 11.9 Å². The van der Waals surface area contributed by atoms with Gasteiger partial charge in [0.2, 0.25) is 0 Å². The van der Waals surface area contributed by atoms with Crippen LogP contribution in [-0.4, -0.2) is 50.6 Å². The number of aryl methyl sites for hydroxylation is 1. The van der Waals surface area contributed by atoms with Gasteiger partial charge < -0.3 is 24.8 Å². The first-order valence-electron chi connectivity index (χ1n) is 12.2. The molecule has 0 amide bonds. The minimum atomic E-state index is 0.146. The molecule has 170 valence electrons. The highest BCUT2D eigenvalue weighted by Crippen LogP contribution is 2.60. The standard InChI is InChI=1S/C25H37N3O3/c1-3-26-24(28-22-20-9-13-30-23(20)25(22)10-4-5-11-25)27-15-18-7-6-17(2)14-21(18)31-19-8-12-29-16-19/h6-7,14,19-20,22-23H,3-5,8-13,15-16H2,1-2H3,(H2,26,27,28). The van der Waals surface area contributed by atoms with Crippen molar-refractivity contribution < 1.29 is 14.2 Å². The van der Waals surface area contributed by atoms with Gasteiger partial charge in [-0.05, 0) is 44.7 Å². The average molecular weight is 428 g/mol. The van der Waals surface area contributed by atoms with Crippen LogP contribution in [0.1, 0.15) is 56.6 Å². The van der Waals surface area contributed by atoms with Crippen molar-refractivity contribution in [3.8, 4) is 5.75 Å². The molecule has 2 saturated heterocycles. The number of hydrogen-bond acceptors (Lipinski definition) is 4. The van der Waals surface area contributed by atoms with Crippen molar-refractivity contribution in [1.29, 1.82) is 0 Å². The summed E-state index contributed by atoms with van der Waals surface area (Å²) in [5, 5.41) is 7.31. The maximum Gasteiger partial charge on any atom is 0.191 e. The van der Waals surface area contributed by atoms with Crippen molar-refractivity contribution in [3.05, 3.63) is 29.3 Å². The Labute approximate surface area is 186 Å². The van der Waals surface area contributed by atoms with E-state index in [0.717, 1.165) is 43.5 Å². The van der Waals surface area contributed by atoms with E-state index in [4.69, 9.17) is 19.2 Å². The number of rotatable bonds is 6. The van der Waals surface area contributed by atoms with Gasteiger partial charge in [-0.1, -0.05) is 25.0 Å². The monoisotopic (exact) mass is 427 g/mol. The molecular weight excluding hydrogens is 390 g/mol. The molecule has 4 unspecified atom stereocenters. The Kier molecular flexibility index (Phi) is 6.11. The quantitative estimate of drug-likeness (QED) is 0.537. The summed E-state index contributed by atoms with van der Waals surface area (Å²) in [5.41, 5.74) is 2.65. The Hall–Kier alpha value is -1.79. The molecule has 0 aromatic heterocycles. The van der Waals surface area contributed by atoms with E-state index in [2.05, 4.69) is 42.7 Å². The lowest BCUT2D eigenvalue weighted by Gasteiger charge is -2.57. The summed E-state index contributed by atoms with van der Waals surface area (Å²) in [7, 11) is 0. The molecule has 2 heterocycles. The summed E-state index contributed by atoms with van der Waals surface area (Å²) < 4.78 is 17.9. The highest BCUT2D eigenvalue weighted by atomic mass is 16.5. The van der Waals surface area contributed by atoms with Crippen LogP contribution in [0.5, 0.6) is 5.75 Å². The fourth-order valence-electron chi connectivity index (χ4n) is 6.22. The number of benzene rings is 1. The van der Waals surface area contributed by atoms with Gasteiger partial charge in [-0.25, -0.2) is 4.99 Å². The molecule has 4 fully saturated rings. The van der Waals surface area contributed by atoms with Gasteiger partial charge in [0.25, 0.3) is 0 Å². The molecule has 0 radical (unpaired) electrons. The van der Waals surface area contributed by atoms with Crippen LogP contribution in [0, 0.1) is 18.3 Å². The Balaban J connectivity index is 1.31. The third-order valence-electron chi connectivity index (χ3n) is 7.73. The van der Waals surface area contributed by atoms with Crippen LogP contribution in [0.25, 0.3) is 0 Å². The van der Waals surface area contributed by atoms with E-state index in [1.165, 1.54) is 37.7 Å². The van der Waals surface area contributed by atoms with Crippen molar-refractivity contribution in [2.45, 2.75) is 77.2 Å². The van der Waals surface area contributed by atoms with Gasteiger partial charge in [0, 0.05) is 42.5 Å². The molecule has 5 rings (SSSR count). The zero-order valence-electron chi connectivity index (χ0n) is 19.0. The van der Waals surface area contributed by atoms with Crippen molar-refractivity contribution >= 4 is 5.96 Å². The first-order valence-corrected chi connectivity index (χ1v) is 12.2. The van der Waals surface area contributed by atoms with E-state index in [0.29, 0.717) is 36.6 Å². The molecule has 6 heteroatoms. The van der Waals surface area contributed by atoms with E-state index < -0.39 is 0 Å². The fraction of sp³-hybridized carbons (Fsp3) is 0.720. The van der Waals surface area contributed by atoms with Crippen LogP contribution in [-0.2, 0) is 16.0 Å². The number of guanidine groups is 1. The zero-order chi connectivity index (χ0) is 21.3. The van der Waals surface area contributed by atoms with Gasteiger partial charge >= 0.3 is 0 Å². The Morgan fingerprint density at radius 3 is 2.87 bits per heavy atom. The molecular formula is C25H37N3O3. The number of hydrogen-bond donors (Lipinski definition) is 2. The van der Waals surface area contributed by atoms with Crippen molar-refractivity contribution in [2.24, 2.45) is 16.3 Å². The summed E-state index contributed by atoms with van der Waals surface area (Å²) in [4.78, 5) is 4.98. The predicted molar refractivity (Wildman–Crippen MR) is 122 cm³/mol. The van der Waals surface area contributed by atoms with Crippen molar-refractivity contribution in [1.82, 2.24) is 10.6 Å². The normalized spacial score (nSPS) is 31.5. The highest BCUT2D eigenvalue weighted by molar-refractivity contribution is 5.80. The van der Waals surface area contributed by atoms with Crippen LogP contribution in [0.4, 0.5) is 0 Å². The molecule has 4 aliphatic rings. The summed E-state index contributed by atoms with van der Waals surface area (Å²) >= 11 is 0. The molecule has 2 saturated carbocycles. The second kappa shape index (κ2) is 8.99. The maximum absolute atomic E-state index is 6.27. The minimum Gasteiger partial charge on any atom is -0.488 e. The van der Waals surface area contributed by atoms with Crippen LogP contribution in [0.3, 0.4) is 0 Å². The van der Waals surface area contributed by atoms with Crippen molar-refractivity contribution in [3.63, 3.8) is 0 Å². The summed E-state index contributed by atoms with van der Waals surface area (Å²) in [6.07, 6.45) is 7.95. The van der Waals surface area contributed by atoms with E-state index in [1.54, 1.807) is 0 Å². The third kappa shape index (κ3) is 4.05. The van der Waals surface area contributed by atoms with Gasteiger partial charge in [-0.2, -0.15) is 0 Å². The second-order valence-electron chi connectivity index (χ2n) is 9.72. The molecule has 2 aliphatic carbocycles. The molecule has 1 spiro atoms. The topological polar surface area (TPSA) is 64.1 Å². The zero-order valence-corrected chi connectivity index (χ0v) is 19.0. The van der Waals surface area contributed by atoms with Gasteiger partial charge in [-0.15, -0.1) is 0 Å². The lowest BCUT2D eigenvalue weighted by Crippen LogP contribution is -2.69. The Morgan fingerprint density at radius 1 is 1.23 bits per heavy atom. The van der Waals surface area contributed by atoms with Crippen molar-refractivity contribution in [2.75, 3.05) is 26.4 Å². The highest BCUT2D eigenvalue weighted by Gasteiger charge is 2.65. The largest absolute Gasteiger partial charge is 0.488 e. The number of nitrogens with zero attached hydrogens (tertiary/aromatic N) is 1. The van der Waals surface area contributed by atoms with Gasteiger partial charge in [0.05, 0.1) is 25.9 Å². The molecule has 0 bridgehead atoms. The number of nitrogens with one attached hydrogen (secondary N) is 2. The van der Waals surface area contributed by atoms with E-state index >= 15 is 0 Å². The average Bonchev–Trinajstić information content (AvgIpc) is 3.52. The molecule has 2 aliphatic heterocycles. The van der Waals surface area contributed by atoms with Crippen LogP contribution in [0.2, 0.25) is 0 Å². The van der Waals surface area contributed by atoms with Gasteiger partial charge in [0.15, 0.2) is 5.96 Å². The van der Waals surface area contributed by atoms with E-state index in [9.17, 15) is 0 Å². The first-order chi connectivity index (χ1) is 15.2. The second-order valence-corrected chi connectivity index (χ2v) is 9.72. The number of aliphatic imine (C=N–C) groups is 1. The lowest BCUT2D eigenvalue weighted by molar-refractivity contribution is -0.125. The molecule has 2 N–H and O–H groups in total. The van der Waals surface area contributed by atoms with E-state index in [-0.39, 0.29) is 6.10 Å². The first kappa shape index (κ1) is 21.1. The molecule has 6 nitrogen and oxygen atoms in total. The summed E-state index contributed by atoms with van der Waals surface area (Å²) in [6.45, 7) is 8.07. The Bertz CT molecular complexity index is 799. The molecule has 1 aromatic carbocycles. The molecule has 4 atom stereocenters.